The second-order valence-electron chi connectivity index (χ2n) is 10.5. The fraction of sp³-hybridized carbons (Fsp3) is 0.323. The van der Waals surface area contributed by atoms with Gasteiger partial charge in [-0.15, -0.1) is 0 Å². The summed E-state index contributed by atoms with van der Waals surface area (Å²) in [6, 6.07) is 18.7. The van der Waals surface area contributed by atoms with Crippen molar-refractivity contribution < 1.29 is 19.1 Å². The molecular weight excluding hydrogens is 478 g/mol. The van der Waals surface area contributed by atoms with E-state index in [1.54, 1.807) is 33.8 Å². The number of rotatable bonds is 8. The average Bonchev–Trinajstić information content (AvgIpc) is 2.85. The molecular formula is C31H37N3O4. The molecule has 0 saturated carbocycles. The monoisotopic (exact) mass is 515 g/mol. The first-order valence-electron chi connectivity index (χ1n) is 12.7. The number of anilines is 1. The molecule has 0 aromatic heterocycles. The number of fused-ring (bicyclic) bond motifs is 1. The Morgan fingerprint density at radius 2 is 1.61 bits per heavy atom. The lowest BCUT2D eigenvalue weighted by Gasteiger charge is -2.36. The maximum Gasteiger partial charge on any atom is 0.408 e. The van der Waals surface area contributed by atoms with E-state index >= 15 is 0 Å². The number of hydrogen-bond donors (Lipinski definition) is 2. The van der Waals surface area contributed by atoms with Crippen LogP contribution in [0.2, 0.25) is 0 Å². The van der Waals surface area contributed by atoms with Gasteiger partial charge in [-0.1, -0.05) is 61.2 Å². The molecule has 0 aliphatic heterocycles. The molecule has 3 amide bonds. The van der Waals surface area contributed by atoms with Gasteiger partial charge < -0.3 is 20.3 Å². The fourth-order valence-corrected chi connectivity index (χ4v) is 4.22. The Morgan fingerprint density at radius 3 is 2.24 bits per heavy atom. The van der Waals surface area contributed by atoms with Gasteiger partial charge in [0.1, 0.15) is 17.7 Å². The fourth-order valence-electron chi connectivity index (χ4n) is 4.22. The third-order valence-corrected chi connectivity index (χ3v) is 5.92. The van der Waals surface area contributed by atoms with E-state index in [1.807, 2.05) is 80.6 Å². The molecule has 3 rings (SSSR count). The number of nitrogens with zero attached hydrogens (tertiary/aromatic N) is 1. The number of ether oxygens (including phenoxy) is 1. The molecule has 2 atom stereocenters. The molecule has 0 aliphatic rings. The summed E-state index contributed by atoms with van der Waals surface area (Å²) in [7, 11) is 0. The molecule has 2 unspecified atom stereocenters. The van der Waals surface area contributed by atoms with E-state index < -0.39 is 29.7 Å². The standard InChI is InChI=1S/C31H37N3O4/c1-8-22-12-11-15-25(18-22)27(28(35)33-26-17-16-23-13-9-10-14-24(23)19-26)34(20(2)3)29(36)21(4)32-30(37)38-31(5,6)7/h8-21,27H,1H2,2-7H3,(H,32,37)(H,33,35). The predicted molar refractivity (Wildman–Crippen MR) is 153 cm³/mol. The van der Waals surface area contributed by atoms with Crippen LogP contribution in [-0.4, -0.2) is 40.5 Å². The lowest BCUT2D eigenvalue weighted by molar-refractivity contribution is -0.142. The number of benzene rings is 3. The molecule has 0 aliphatic carbocycles. The minimum Gasteiger partial charge on any atom is -0.444 e. The molecule has 0 bridgehead atoms. The summed E-state index contributed by atoms with van der Waals surface area (Å²) in [5.74, 6) is -0.776. The highest BCUT2D eigenvalue weighted by molar-refractivity contribution is 6.00. The van der Waals surface area contributed by atoms with Crippen molar-refractivity contribution in [2.24, 2.45) is 0 Å². The molecule has 0 saturated heterocycles. The Morgan fingerprint density at radius 1 is 0.921 bits per heavy atom. The first-order chi connectivity index (χ1) is 17.9. The minimum absolute atomic E-state index is 0.356. The van der Waals surface area contributed by atoms with Gasteiger partial charge in [0.25, 0.3) is 5.91 Å². The summed E-state index contributed by atoms with van der Waals surface area (Å²) in [5, 5.41) is 7.65. The van der Waals surface area contributed by atoms with Crippen LogP contribution < -0.4 is 10.6 Å². The Balaban J connectivity index is 1.97. The van der Waals surface area contributed by atoms with Crippen molar-refractivity contribution >= 4 is 40.4 Å². The second-order valence-corrected chi connectivity index (χ2v) is 10.5. The quantitative estimate of drug-likeness (QED) is 0.368. The summed E-state index contributed by atoms with van der Waals surface area (Å²) in [5.41, 5.74) is 1.36. The molecule has 0 fully saturated rings. The Hall–Kier alpha value is -4.13. The molecule has 3 aromatic carbocycles. The topological polar surface area (TPSA) is 87.7 Å². The Kier molecular flexibility index (Phi) is 8.94. The third-order valence-electron chi connectivity index (χ3n) is 5.92. The van der Waals surface area contributed by atoms with E-state index in [1.165, 1.54) is 4.90 Å². The van der Waals surface area contributed by atoms with Crippen LogP contribution in [-0.2, 0) is 14.3 Å². The van der Waals surface area contributed by atoms with Gasteiger partial charge in [-0.25, -0.2) is 4.79 Å². The summed E-state index contributed by atoms with van der Waals surface area (Å²) in [6.45, 7) is 14.3. The minimum atomic E-state index is -0.961. The van der Waals surface area contributed by atoms with Crippen molar-refractivity contribution in [1.82, 2.24) is 10.2 Å². The molecule has 200 valence electrons. The molecule has 0 radical (unpaired) electrons. The van der Waals surface area contributed by atoms with Crippen molar-refractivity contribution in [1.29, 1.82) is 0 Å². The van der Waals surface area contributed by atoms with Crippen molar-refractivity contribution in [3.63, 3.8) is 0 Å². The molecule has 7 heteroatoms. The SMILES string of the molecule is C=Cc1cccc(C(C(=O)Nc2ccc3ccccc3c2)N(C(=O)C(C)NC(=O)OC(C)(C)C)C(C)C)c1. The van der Waals surface area contributed by atoms with Gasteiger partial charge in [0.2, 0.25) is 5.91 Å². The van der Waals surface area contributed by atoms with Gasteiger partial charge in [-0.2, -0.15) is 0 Å². The van der Waals surface area contributed by atoms with Gasteiger partial charge in [0.05, 0.1) is 0 Å². The zero-order valence-corrected chi connectivity index (χ0v) is 22.9. The van der Waals surface area contributed by atoms with Crippen LogP contribution in [0, 0.1) is 0 Å². The number of carbonyl (C=O) groups is 3. The number of nitrogens with one attached hydrogen (secondary N) is 2. The van der Waals surface area contributed by atoms with Crippen LogP contribution in [0.25, 0.3) is 16.8 Å². The molecule has 38 heavy (non-hydrogen) atoms. The first kappa shape index (κ1) is 28.4. The van der Waals surface area contributed by atoms with Crippen LogP contribution >= 0.6 is 0 Å². The van der Waals surface area contributed by atoms with E-state index in [-0.39, 0.29) is 11.9 Å². The summed E-state index contributed by atoms with van der Waals surface area (Å²) in [4.78, 5) is 41.5. The Labute approximate surface area is 224 Å². The normalized spacial score (nSPS) is 12.9. The van der Waals surface area contributed by atoms with Crippen LogP contribution in [0.3, 0.4) is 0 Å². The van der Waals surface area contributed by atoms with Gasteiger partial charge >= 0.3 is 6.09 Å². The number of amides is 3. The van der Waals surface area contributed by atoms with Crippen LogP contribution in [0.4, 0.5) is 10.5 Å². The van der Waals surface area contributed by atoms with E-state index in [9.17, 15) is 14.4 Å². The lowest BCUT2D eigenvalue weighted by atomic mass is 9.99. The van der Waals surface area contributed by atoms with E-state index in [0.717, 1.165) is 16.3 Å². The van der Waals surface area contributed by atoms with E-state index in [0.29, 0.717) is 11.3 Å². The van der Waals surface area contributed by atoms with Gasteiger partial charge in [-0.05, 0) is 81.6 Å². The summed E-state index contributed by atoms with van der Waals surface area (Å²) >= 11 is 0. The smallest absolute Gasteiger partial charge is 0.408 e. The van der Waals surface area contributed by atoms with Gasteiger partial charge in [-0.3, -0.25) is 9.59 Å². The van der Waals surface area contributed by atoms with Gasteiger partial charge in [0.15, 0.2) is 0 Å². The largest absolute Gasteiger partial charge is 0.444 e. The van der Waals surface area contributed by atoms with Crippen molar-refractivity contribution in [3.05, 3.63) is 84.4 Å². The van der Waals surface area contributed by atoms with Crippen LogP contribution in [0.1, 0.15) is 58.7 Å². The Bertz CT molecular complexity index is 1330. The lowest BCUT2D eigenvalue weighted by Crippen LogP contribution is -2.53. The van der Waals surface area contributed by atoms with Gasteiger partial charge in [0, 0.05) is 11.7 Å². The van der Waals surface area contributed by atoms with E-state index in [2.05, 4.69) is 17.2 Å². The number of carbonyl (C=O) groups excluding carboxylic acids is 3. The number of hydrogen-bond acceptors (Lipinski definition) is 4. The molecule has 0 heterocycles. The first-order valence-corrected chi connectivity index (χ1v) is 12.7. The summed E-state index contributed by atoms with van der Waals surface area (Å²) in [6.07, 6.45) is 0.989. The molecule has 0 spiro atoms. The predicted octanol–water partition coefficient (Wildman–Crippen LogP) is 6.31. The zero-order chi connectivity index (χ0) is 28.0. The average molecular weight is 516 g/mol. The number of alkyl carbamates (subject to hydrolysis) is 1. The molecule has 3 aromatic rings. The van der Waals surface area contributed by atoms with Crippen LogP contribution in [0.15, 0.2) is 73.3 Å². The third kappa shape index (κ3) is 7.22. The zero-order valence-electron chi connectivity index (χ0n) is 22.9. The maximum absolute atomic E-state index is 13.9. The van der Waals surface area contributed by atoms with Crippen molar-refractivity contribution in [2.75, 3.05) is 5.32 Å². The molecule has 2 N–H and O–H groups in total. The van der Waals surface area contributed by atoms with Crippen LogP contribution in [0.5, 0.6) is 0 Å². The van der Waals surface area contributed by atoms with E-state index in [4.69, 9.17) is 4.74 Å². The van der Waals surface area contributed by atoms with Crippen molar-refractivity contribution in [2.45, 2.75) is 65.3 Å². The maximum atomic E-state index is 13.9. The molecule has 7 nitrogen and oxygen atoms in total. The van der Waals surface area contributed by atoms with Crippen molar-refractivity contribution in [3.8, 4) is 0 Å². The highest BCUT2D eigenvalue weighted by Gasteiger charge is 2.36. The highest BCUT2D eigenvalue weighted by Crippen LogP contribution is 2.28. The highest BCUT2D eigenvalue weighted by atomic mass is 16.6. The second kappa shape index (κ2) is 11.9. The summed E-state index contributed by atoms with van der Waals surface area (Å²) < 4.78 is 5.32.